The Morgan fingerprint density at radius 2 is 1.81 bits per heavy atom. The van der Waals surface area contributed by atoms with Gasteiger partial charge in [0, 0.05) is 19.3 Å². The second kappa shape index (κ2) is 10.1. The molecule has 0 fully saturated rings. The summed E-state index contributed by atoms with van der Waals surface area (Å²) in [7, 11) is 1.18. The fourth-order valence-corrected chi connectivity index (χ4v) is 2.35. The first kappa shape index (κ1) is 21.1. The number of methoxy groups -OCH3 is 1. The number of carbonyl (C=O) groups is 3. The van der Waals surface area contributed by atoms with Crippen LogP contribution in [0.4, 0.5) is 4.39 Å². The molecular weight excluding hydrogens is 341 g/mol. The topological polar surface area (TPSA) is 108 Å². The van der Waals surface area contributed by atoms with Crippen molar-refractivity contribution in [1.29, 1.82) is 5.26 Å². The Hall–Kier alpha value is -2.95. The molecule has 0 aliphatic carbocycles. The third-order valence-electron chi connectivity index (χ3n) is 3.66. The van der Waals surface area contributed by atoms with Crippen LogP contribution < -0.4 is 10.6 Å². The Morgan fingerprint density at radius 3 is 2.31 bits per heavy atom. The fourth-order valence-electron chi connectivity index (χ4n) is 2.35. The first-order valence-corrected chi connectivity index (χ1v) is 8.06. The molecule has 0 bridgehead atoms. The van der Waals surface area contributed by atoms with E-state index in [0.717, 1.165) is 0 Å². The van der Waals surface area contributed by atoms with Gasteiger partial charge in [-0.1, -0.05) is 12.1 Å². The number of amides is 2. The molecule has 0 heterocycles. The Kier molecular flexibility index (Phi) is 8.22. The number of halogens is 1. The number of nitrogens with one attached hydrogen (secondary N) is 2. The van der Waals surface area contributed by atoms with Gasteiger partial charge < -0.3 is 15.4 Å². The van der Waals surface area contributed by atoms with Crippen molar-refractivity contribution in [2.24, 2.45) is 5.92 Å². The third-order valence-corrected chi connectivity index (χ3v) is 3.66. The van der Waals surface area contributed by atoms with Gasteiger partial charge in [0.2, 0.25) is 11.8 Å². The maximum atomic E-state index is 13.0. The lowest BCUT2D eigenvalue weighted by atomic mass is 10.0. The molecule has 0 unspecified atom stereocenters. The van der Waals surface area contributed by atoms with E-state index < -0.39 is 41.6 Å². The summed E-state index contributed by atoms with van der Waals surface area (Å²) in [6, 6.07) is 5.55. The second-order valence-corrected chi connectivity index (χ2v) is 5.93. The summed E-state index contributed by atoms with van der Waals surface area (Å²) in [4.78, 5) is 35.8. The highest BCUT2D eigenvalue weighted by Gasteiger charge is 2.28. The standard InChI is InChI=1S/C18H22FN3O4/c1-11(10-20)8-16(18(25)26-3)22-17(24)15(21-12(2)23)9-13-4-6-14(19)7-5-13/h4-7,11,15-16H,8-9H2,1-3H3,(H,21,23)(H,22,24)/t11-,15-,16-/m0/s1. The zero-order chi connectivity index (χ0) is 19.7. The summed E-state index contributed by atoms with van der Waals surface area (Å²) in [5.74, 6) is -2.58. The van der Waals surface area contributed by atoms with Crippen LogP contribution in [0.2, 0.25) is 0 Å². The van der Waals surface area contributed by atoms with Crippen LogP contribution in [0, 0.1) is 23.1 Å². The van der Waals surface area contributed by atoms with E-state index in [2.05, 4.69) is 15.4 Å². The molecule has 2 amide bonds. The molecule has 1 aromatic carbocycles. The number of carbonyl (C=O) groups excluding carboxylic acids is 3. The summed E-state index contributed by atoms with van der Waals surface area (Å²) < 4.78 is 17.7. The van der Waals surface area contributed by atoms with E-state index in [-0.39, 0.29) is 12.8 Å². The predicted molar refractivity (Wildman–Crippen MR) is 91.0 cm³/mol. The lowest BCUT2D eigenvalue weighted by molar-refractivity contribution is -0.145. The molecule has 0 aliphatic heterocycles. The number of ether oxygens (including phenoxy) is 1. The molecule has 1 aromatic rings. The van der Waals surface area contributed by atoms with Crippen LogP contribution in [-0.2, 0) is 25.5 Å². The van der Waals surface area contributed by atoms with Gasteiger partial charge in [-0.2, -0.15) is 5.26 Å². The van der Waals surface area contributed by atoms with E-state index in [1.165, 1.54) is 38.3 Å². The number of hydrogen-bond acceptors (Lipinski definition) is 5. The van der Waals surface area contributed by atoms with Crippen LogP contribution >= 0.6 is 0 Å². The van der Waals surface area contributed by atoms with E-state index in [0.29, 0.717) is 5.56 Å². The van der Waals surface area contributed by atoms with E-state index in [9.17, 15) is 18.8 Å². The van der Waals surface area contributed by atoms with Crippen LogP contribution in [0.15, 0.2) is 24.3 Å². The lowest BCUT2D eigenvalue weighted by Crippen LogP contribution is -2.52. The van der Waals surface area contributed by atoms with Crippen LogP contribution in [0.3, 0.4) is 0 Å². The summed E-state index contributed by atoms with van der Waals surface area (Å²) in [6.07, 6.45) is 0.200. The molecular formula is C18H22FN3O4. The molecule has 0 radical (unpaired) electrons. The largest absolute Gasteiger partial charge is 0.467 e. The molecule has 0 saturated heterocycles. The van der Waals surface area contributed by atoms with Gasteiger partial charge in [0.25, 0.3) is 0 Å². The van der Waals surface area contributed by atoms with Gasteiger partial charge in [-0.3, -0.25) is 9.59 Å². The van der Waals surface area contributed by atoms with Crippen molar-refractivity contribution in [2.75, 3.05) is 7.11 Å². The van der Waals surface area contributed by atoms with Gasteiger partial charge in [0.05, 0.1) is 13.2 Å². The number of nitrogens with zero attached hydrogens (tertiary/aromatic N) is 1. The summed E-state index contributed by atoms with van der Waals surface area (Å²) >= 11 is 0. The average molecular weight is 363 g/mol. The predicted octanol–water partition coefficient (Wildman–Crippen LogP) is 1.08. The first-order valence-electron chi connectivity index (χ1n) is 8.06. The first-order chi connectivity index (χ1) is 12.3. The Morgan fingerprint density at radius 1 is 1.19 bits per heavy atom. The second-order valence-electron chi connectivity index (χ2n) is 5.93. The maximum Gasteiger partial charge on any atom is 0.328 e. The number of benzene rings is 1. The van der Waals surface area contributed by atoms with E-state index >= 15 is 0 Å². The normalized spacial score (nSPS) is 13.7. The maximum absolute atomic E-state index is 13.0. The van der Waals surface area contributed by atoms with Crippen molar-refractivity contribution >= 4 is 17.8 Å². The molecule has 7 nitrogen and oxygen atoms in total. The third kappa shape index (κ3) is 6.89. The number of rotatable bonds is 8. The highest BCUT2D eigenvalue weighted by atomic mass is 19.1. The minimum Gasteiger partial charge on any atom is -0.467 e. The lowest BCUT2D eigenvalue weighted by Gasteiger charge is -2.22. The van der Waals surface area contributed by atoms with Crippen molar-refractivity contribution < 1.29 is 23.5 Å². The summed E-state index contributed by atoms with van der Waals surface area (Å²) in [5.41, 5.74) is 0.639. The van der Waals surface area contributed by atoms with Gasteiger partial charge in [-0.05, 0) is 31.0 Å². The van der Waals surface area contributed by atoms with Crippen LogP contribution in [0.1, 0.15) is 25.8 Å². The monoisotopic (exact) mass is 363 g/mol. The number of hydrogen-bond donors (Lipinski definition) is 2. The number of esters is 1. The highest BCUT2D eigenvalue weighted by molar-refractivity contribution is 5.90. The fraction of sp³-hybridized carbons (Fsp3) is 0.444. The van der Waals surface area contributed by atoms with E-state index in [1.807, 2.05) is 6.07 Å². The zero-order valence-corrected chi connectivity index (χ0v) is 14.9. The highest BCUT2D eigenvalue weighted by Crippen LogP contribution is 2.09. The molecule has 3 atom stereocenters. The zero-order valence-electron chi connectivity index (χ0n) is 14.9. The molecule has 0 saturated carbocycles. The van der Waals surface area contributed by atoms with Crippen molar-refractivity contribution in [3.8, 4) is 6.07 Å². The SMILES string of the molecule is COC(=O)[C@H](C[C@H](C)C#N)NC(=O)[C@H](Cc1ccc(F)cc1)NC(C)=O. The smallest absolute Gasteiger partial charge is 0.328 e. The molecule has 1 rings (SSSR count). The minimum absolute atomic E-state index is 0.0816. The average Bonchev–Trinajstić information content (AvgIpc) is 2.61. The van der Waals surface area contributed by atoms with Crippen molar-refractivity contribution in [3.63, 3.8) is 0 Å². The Labute approximate surface area is 151 Å². The molecule has 2 N–H and O–H groups in total. The summed E-state index contributed by atoms with van der Waals surface area (Å²) in [6.45, 7) is 2.88. The van der Waals surface area contributed by atoms with Crippen molar-refractivity contribution in [3.05, 3.63) is 35.6 Å². The van der Waals surface area contributed by atoms with Gasteiger partial charge in [0.1, 0.15) is 17.9 Å². The minimum atomic E-state index is -1.01. The Bertz CT molecular complexity index is 685. The molecule has 26 heavy (non-hydrogen) atoms. The Balaban J connectivity index is 2.91. The molecule has 0 aliphatic rings. The van der Waals surface area contributed by atoms with Crippen molar-refractivity contribution in [1.82, 2.24) is 10.6 Å². The van der Waals surface area contributed by atoms with Gasteiger partial charge in [-0.25, -0.2) is 9.18 Å². The van der Waals surface area contributed by atoms with Gasteiger partial charge in [0.15, 0.2) is 0 Å². The van der Waals surface area contributed by atoms with Crippen LogP contribution in [-0.4, -0.2) is 37.0 Å². The van der Waals surface area contributed by atoms with E-state index in [1.54, 1.807) is 6.92 Å². The molecule has 0 spiro atoms. The molecule has 8 heteroatoms. The van der Waals surface area contributed by atoms with Gasteiger partial charge >= 0.3 is 5.97 Å². The van der Waals surface area contributed by atoms with Crippen molar-refractivity contribution in [2.45, 2.75) is 38.8 Å². The molecule has 0 aromatic heterocycles. The molecule has 140 valence electrons. The quantitative estimate of drug-likeness (QED) is 0.672. The number of nitriles is 1. The van der Waals surface area contributed by atoms with Crippen LogP contribution in [0.25, 0.3) is 0 Å². The van der Waals surface area contributed by atoms with E-state index in [4.69, 9.17) is 5.26 Å². The summed E-state index contributed by atoms with van der Waals surface area (Å²) in [5, 5.41) is 13.9. The van der Waals surface area contributed by atoms with Crippen LogP contribution in [0.5, 0.6) is 0 Å². The van der Waals surface area contributed by atoms with Gasteiger partial charge in [-0.15, -0.1) is 0 Å².